The maximum atomic E-state index is 11.8. The molecule has 0 aromatic heterocycles. The third-order valence-corrected chi connectivity index (χ3v) is 6.96. The van der Waals surface area contributed by atoms with Gasteiger partial charge in [-0.2, -0.15) is 0 Å². The molecule has 2 saturated heterocycles. The highest BCUT2D eigenvalue weighted by Crippen LogP contribution is 2.38. The topological polar surface area (TPSA) is 60.9 Å². The van der Waals surface area contributed by atoms with Crippen LogP contribution in [0.25, 0.3) is 0 Å². The minimum atomic E-state index is -3.09. The smallest absolute Gasteiger partial charge is 0.222 e. The molecule has 1 spiro atoms. The van der Waals surface area contributed by atoms with E-state index in [-0.39, 0.29) is 17.1 Å². The summed E-state index contributed by atoms with van der Waals surface area (Å²) >= 11 is 0. The number of sulfonamides is 1. The molecule has 2 aliphatic rings. The van der Waals surface area contributed by atoms with Crippen LogP contribution >= 0.6 is 0 Å². The normalized spacial score (nSPS) is 27.8. The third kappa shape index (κ3) is 4.20. The maximum absolute atomic E-state index is 11.8. The fourth-order valence-electron chi connectivity index (χ4n) is 3.72. The summed E-state index contributed by atoms with van der Waals surface area (Å²) in [4.78, 5) is 15.9. The molecule has 2 aliphatic heterocycles. The molecule has 2 fully saturated rings. The average Bonchev–Trinajstić information content (AvgIpc) is 2.43. The molecule has 0 bridgehead atoms. The van der Waals surface area contributed by atoms with E-state index in [1.54, 1.807) is 14.1 Å². The fraction of sp³-hybridized carbons (Fsp3) is 0.933. The van der Waals surface area contributed by atoms with Crippen LogP contribution in [0, 0.1) is 5.41 Å². The van der Waals surface area contributed by atoms with Crippen LogP contribution in [0.2, 0.25) is 0 Å². The molecule has 0 aromatic carbocycles. The van der Waals surface area contributed by atoms with Crippen molar-refractivity contribution < 1.29 is 13.2 Å². The van der Waals surface area contributed by atoms with Gasteiger partial charge in [-0.3, -0.25) is 4.79 Å². The Kier molecular flexibility index (Phi) is 5.50. The molecule has 0 unspecified atom stereocenters. The number of carbonyl (C=O) groups is 1. The average molecular weight is 331 g/mol. The molecule has 22 heavy (non-hydrogen) atoms. The summed E-state index contributed by atoms with van der Waals surface area (Å²) < 4.78 is 24.9. The Bertz CT molecular complexity index is 506. The maximum Gasteiger partial charge on any atom is 0.222 e. The van der Waals surface area contributed by atoms with Crippen molar-refractivity contribution in [2.24, 2.45) is 5.41 Å². The molecular weight excluding hydrogens is 302 g/mol. The minimum absolute atomic E-state index is 0.210. The first-order valence-corrected chi connectivity index (χ1v) is 9.72. The van der Waals surface area contributed by atoms with Gasteiger partial charge >= 0.3 is 0 Å². The van der Waals surface area contributed by atoms with Crippen LogP contribution < -0.4 is 0 Å². The summed E-state index contributed by atoms with van der Waals surface area (Å²) in [5, 5.41) is 0. The van der Waals surface area contributed by atoms with E-state index in [9.17, 15) is 13.2 Å². The van der Waals surface area contributed by atoms with E-state index < -0.39 is 10.0 Å². The lowest BCUT2D eigenvalue weighted by Gasteiger charge is -2.47. The van der Waals surface area contributed by atoms with Gasteiger partial charge < -0.3 is 9.80 Å². The van der Waals surface area contributed by atoms with E-state index in [1.807, 2.05) is 11.9 Å². The second kappa shape index (κ2) is 6.84. The second-order valence-corrected chi connectivity index (χ2v) is 9.38. The molecule has 7 heteroatoms. The van der Waals surface area contributed by atoms with Gasteiger partial charge in [-0.05, 0) is 38.8 Å². The molecule has 2 heterocycles. The van der Waals surface area contributed by atoms with Crippen LogP contribution in [0.4, 0.5) is 0 Å². The number of amides is 1. The molecule has 0 aliphatic carbocycles. The molecule has 0 N–H and O–H groups in total. The summed E-state index contributed by atoms with van der Waals surface area (Å²) in [6, 6.07) is 0. The molecule has 0 saturated carbocycles. The molecule has 6 nitrogen and oxygen atoms in total. The van der Waals surface area contributed by atoms with Crippen molar-refractivity contribution in [1.29, 1.82) is 0 Å². The van der Waals surface area contributed by atoms with Crippen molar-refractivity contribution in [3.63, 3.8) is 0 Å². The molecule has 128 valence electrons. The summed E-state index contributed by atoms with van der Waals surface area (Å²) in [7, 11) is 1.97. The first kappa shape index (κ1) is 17.7. The Morgan fingerprint density at radius 3 is 2.59 bits per heavy atom. The number of nitrogens with zero attached hydrogens (tertiary/aromatic N) is 3. The monoisotopic (exact) mass is 331 g/mol. The van der Waals surface area contributed by atoms with Crippen molar-refractivity contribution >= 4 is 15.9 Å². The molecule has 0 aromatic rings. The van der Waals surface area contributed by atoms with Gasteiger partial charge in [-0.1, -0.05) is 0 Å². The van der Waals surface area contributed by atoms with Gasteiger partial charge in [0, 0.05) is 46.1 Å². The van der Waals surface area contributed by atoms with Crippen molar-refractivity contribution in [2.45, 2.75) is 32.1 Å². The van der Waals surface area contributed by atoms with Crippen LogP contribution in [0.5, 0.6) is 0 Å². The number of rotatable bonds is 5. The molecule has 1 atom stereocenters. The highest BCUT2D eigenvalue weighted by atomic mass is 32.2. The summed E-state index contributed by atoms with van der Waals surface area (Å²) in [6.07, 6.45) is 4.62. The van der Waals surface area contributed by atoms with E-state index in [0.717, 1.165) is 39.0 Å². The first-order chi connectivity index (χ1) is 10.2. The van der Waals surface area contributed by atoms with E-state index in [2.05, 4.69) is 4.90 Å². The lowest BCUT2D eigenvalue weighted by atomic mass is 9.73. The van der Waals surface area contributed by atoms with Gasteiger partial charge in [-0.25, -0.2) is 12.7 Å². The third-order valence-electron chi connectivity index (χ3n) is 5.04. The zero-order valence-corrected chi connectivity index (χ0v) is 14.9. The lowest BCUT2D eigenvalue weighted by Crippen LogP contribution is -2.53. The second-order valence-electron chi connectivity index (χ2n) is 7.08. The van der Waals surface area contributed by atoms with Crippen LogP contribution in [0.3, 0.4) is 0 Å². The standard InChI is InChI=1S/C15H29N3O3S/c1-16(2)22(20,21)11-5-10-18-9-4-7-15(13-18)8-6-14(19)17(3)12-15/h4-13H2,1-3H3/t15-/m1/s1. The summed E-state index contributed by atoms with van der Waals surface area (Å²) in [5.41, 5.74) is 0.224. The largest absolute Gasteiger partial charge is 0.345 e. The lowest BCUT2D eigenvalue weighted by molar-refractivity contribution is -0.137. The Morgan fingerprint density at radius 1 is 1.23 bits per heavy atom. The van der Waals surface area contributed by atoms with Crippen LogP contribution in [-0.4, -0.2) is 81.5 Å². The number of carbonyl (C=O) groups excluding carboxylic acids is 1. The highest BCUT2D eigenvalue weighted by Gasteiger charge is 2.40. The zero-order chi connectivity index (χ0) is 16.4. The van der Waals surface area contributed by atoms with Crippen LogP contribution in [-0.2, 0) is 14.8 Å². The van der Waals surface area contributed by atoms with E-state index >= 15 is 0 Å². The van der Waals surface area contributed by atoms with Gasteiger partial charge in [0.2, 0.25) is 15.9 Å². The first-order valence-electron chi connectivity index (χ1n) is 8.11. The molecular formula is C15H29N3O3S. The minimum Gasteiger partial charge on any atom is -0.345 e. The Morgan fingerprint density at radius 2 is 1.95 bits per heavy atom. The number of piperidine rings is 2. The quantitative estimate of drug-likeness (QED) is 0.740. The van der Waals surface area contributed by atoms with Gasteiger partial charge in [0.1, 0.15) is 0 Å². The van der Waals surface area contributed by atoms with Gasteiger partial charge in [0.15, 0.2) is 0 Å². The Balaban J connectivity index is 1.85. The Labute approximate surface area is 134 Å². The van der Waals surface area contributed by atoms with E-state index in [0.29, 0.717) is 12.8 Å². The molecule has 0 radical (unpaired) electrons. The van der Waals surface area contributed by atoms with Crippen molar-refractivity contribution in [3.8, 4) is 0 Å². The molecule has 1 amide bonds. The van der Waals surface area contributed by atoms with Gasteiger partial charge in [-0.15, -0.1) is 0 Å². The van der Waals surface area contributed by atoms with Gasteiger partial charge in [0.05, 0.1) is 5.75 Å². The SMILES string of the molecule is CN1C[C@@]2(CCCN(CCCS(=O)(=O)N(C)C)C2)CCC1=O. The number of hydrogen-bond donors (Lipinski definition) is 0. The predicted octanol–water partition coefficient (Wildman–Crippen LogP) is 0.602. The summed E-state index contributed by atoms with van der Waals surface area (Å²) in [6.45, 7) is 3.71. The van der Waals surface area contributed by atoms with Crippen molar-refractivity contribution in [3.05, 3.63) is 0 Å². The molecule has 2 rings (SSSR count). The summed E-state index contributed by atoms with van der Waals surface area (Å²) in [5.74, 6) is 0.460. The van der Waals surface area contributed by atoms with Gasteiger partial charge in [0.25, 0.3) is 0 Å². The Hall–Kier alpha value is -0.660. The van der Waals surface area contributed by atoms with Crippen molar-refractivity contribution in [1.82, 2.24) is 14.1 Å². The van der Waals surface area contributed by atoms with E-state index in [1.165, 1.54) is 10.7 Å². The van der Waals surface area contributed by atoms with Crippen LogP contribution in [0.1, 0.15) is 32.1 Å². The fourth-order valence-corrected chi connectivity index (χ4v) is 4.58. The zero-order valence-electron chi connectivity index (χ0n) is 14.0. The predicted molar refractivity (Wildman–Crippen MR) is 87.1 cm³/mol. The van der Waals surface area contributed by atoms with Crippen LogP contribution in [0.15, 0.2) is 0 Å². The number of likely N-dealkylation sites (tertiary alicyclic amines) is 2. The highest BCUT2D eigenvalue weighted by molar-refractivity contribution is 7.89. The van der Waals surface area contributed by atoms with Crippen molar-refractivity contribution in [2.75, 3.05) is 53.1 Å². The van der Waals surface area contributed by atoms with E-state index in [4.69, 9.17) is 0 Å². The number of hydrogen-bond acceptors (Lipinski definition) is 4.